The molecule has 0 saturated carbocycles. The molecule has 13 heavy (non-hydrogen) atoms. The Morgan fingerprint density at radius 2 is 1.38 bits per heavy atom. The summed E-state index contributed by atoms with van der Waals surface area (Å²) in [6.07, 6.45) is 0. The number of alkyl halides is 1. The van der Waals surface area contributed by atoms with Crippen molar-refractivity contribution in [1.29, 1.82) is 0 Å². The molecule has 0 aliphatic rings. The maximum atomic E-state index is 6.54. The molecule has 0 amide bonds. The van der Waals surface area contributed by atoms with Crippen molar-refractivity contribution in [3.05, 3.63) is 35.9 Å². The van der Waals surface area contributed by atoms with Gasteiger partial charge in [0.05, 0.1) is 4.87 Å². The van der Waals surface area contributed by atoms with Gasteiger partial charge in [-0.1, -0.05) is 51.1 Å². The van der Waals surface area contributed by atoms with Gasteiger partial charge >= 0.3 is 0 Å². The van der Waals surface area contributed by atoms with Crippen molar-refractivity contribution in [2.24, 2.45) is 5.41 Å². The second-order valence-corrected chi connectivity index (χ2v) is 5.37. The Morgan fingerprint density at radius 1 is 0.923 bits per heavy atom. The molecule has 0 radical (unpaired) electrons. The summed E-state index contributed by atoms with van der Waals surface area (Å²) in [5.41, 5.74) is 1.25. The molecule has 0 aliphatic heterocycles. The Hall–Kier alpha value is -0.490. The smallest absolute Gasteiger partial charge is 0.0715 e. The molecule has 0 N–H and O–H groups in total. The standard InChI is InChI=1S/C12H17Cl/c1-11(2,3)12(4,13)10-8-6-5-7-9-10/h5-9H,1-4H3. The van der Waals surface area contributed by atoms with Gasteiger partial charge in [0, 0.05) is 0 Å². The van der Waals surface area contributed by atoms with Crippen LogP contribution < -0.4 is 0 Å². The first-order valence-electron chi connectivity index (χ1n) is 4.60. The van der Waals surface area contributed by atoms with E-state index in [0.717, 1.165) is 0 Å². The summed E-state index contributed by atoms with van der Waals surface area (Å²) in [5.74, 6) is 0. The predicted molar refractivity (Wildman–Crippen MR) is 59.1 cm³/mol. The van der Waals surface area contributed by atoms with E-state index in [1.807, 2.05) is 18.2 Å². The van der Waals surface area contributed by atoms with Gasteiger partial charge in [-0.25, -0.2) is 0 Å². The van der Waals surface area contributed by atoms with Gasteiger partial charge in [0.2, 0.25) is 0 Å². The van der Waals surface area contributed by atoms with Crippen LogP contribution in [0.4, 0.5) is 0 Å². The molecule has 0 fully saturated rings. The summed E-state index contributed by atoms with van der Waals surface area (Å²) < 4.78 is 0. The Balaban J connectivity index is 3.08. The molecular formula is C12H17Cl. The van der Waals surface area contributed by atoms with Crippen molar-refractivity contribution in [3.63, 3.8) is 0 Å². The summed E-state index contributed by atoms with van der Waals surface area (Å²) in [6.45, 7) is 8.55. The van der Waals surface area contributed by atoms with E-state index in [1.54, 1.807) is 0 Å². The predicted octanol–water partition coefficient (Wildman–Crippen LogP) is 4.19. The van der Waals surface area contributed by atoms with Crippen molar-refractivity contribution in [3.8, 4) is 0 Å². The number of hydrogen-bond donors (Lipinski definition) is 0. The molecule has 0 aliphatic carbocycles. The first kappa shape index (κ1) is 10.6. The van der Waals surface area contributed by atoms with Crippen LogP contribution in [-0.4, -0.2) is 0 Å². The van der Waals surface area contributed by atoms with E-state index in [0.29, 0.717) is 0 Å². The van der Waals surface area contributed by atoms with Crippen molar-refractivity contribution in [2.75, 3.05) is 0 Å². The molecule has 1 atom stereocenters. The SMILES string of the molecule is CC(C)(C)C(C)(Cl)c1ccccc1. The minimum atomic E-state index is -0.297. The fourth-order valence-electron chi connectivity index (χ4n) is 1.18. The van der Waals surface area contributed by atoms with Gasteiger partial charge in [-0.15, -0.1) is 11.6 Å². The molecule has 1 rings (SSSR count). The van der Waals surface area contributed by atoms with E-state index >= 15 is 0 Å². The highest BCUT2D eigenvalue weighted by atomic mass is 35.5. The molecule has 0 bridgehead atoms. The largest absolute Gasteiger partial charge is 0.114 e. The van der Waals surface area contributed by atoms with Crippen LogP contribution in [0.3, 0.4) is 0 Å². The zero-order valence-corrected chi connectivity index (χ0v) is 9.52. The molecule has 0 aromatic heterocycles. The maximum Gasteiger partial charge on any atom is 0.0715 e. The van der Waals surface area contributed by atoms with Gasteiger partial charge in [-0.3, -0.25) is 0 Å². The quantitative estimate of drug-likeness (QED) is 0.591. The van der Waals surface area contributed by atoms with Gasteiger partial charge in [0.15, 0.2) is 0 Å². The molecule has 0 saturated heterocycles. The van der Waals surface area contributed by atoms with Crippen LogP contribution in [0.25, 0.3) is 0 Å². The summed E-state index contributed by atoms with van der Waals surface area (Å²) in [7, 11) is 0. The summed E-state index contributed by atoms with van der Waals surface area (Å²) in [5, 5.41) is 0. The van der Waals surface area contributed by atoms with E-state index < -0.39 is 0 Å². The van der Waals surface area contributed by atoms with Crippen molar-refractivity contribution in [2.45, 2.75) is 32.6 Å². The lowest BCUT2D eigenvalue weighted by molar-refractivity contribution is 0.296. The second kappa shape index (κ2) is 3.34. The van der Waals surface area contributed by atoms with Crippen LogP contribution in [-0.2, 0) is 4.87 Å². The molecule has 1 unspecified atom stereocenters. The molecule has 0 nitrogen and oxygen atoms in total. The number of hydrogen-bond acceptors (Lipinski definition) is 0. The summed E-state index contributed by atoms with van der Waals surface area (Å²) in [6, 6.07) is 10.2. The lowest BCUT2D eigenvalue weighted by Crippen LogP contribution is -2.31. The number of halogens is 1. The van der Waals surface area contributed by atoms with Crippen LogP contribution >= 0.6 is 11.6 Å². The second-order valence-electron chi connectivity index (χ2n) is 4.62. The van der Waals surface area contributed by atoms with Crippen LogP contribution in [0.15, 0.2) is 30.3 Å². The van der Waals surface area contributed by atoms with Crippen LogP contribution in [0.1, 0.15) is 33.3 Å². The summed E-state index contributed by atoms with van der Waals surface area (Å²) >= 11 is 6.54. The zero-order valence-electron chi connectivity index (χ0n) is 8.76. The van der Waals surface area contributed by atoms with Crippen molar-refractivity contribution < 1.29 is 0 Å². The monoisotopic (exact) mass is 196 g/mol. The lowest BCUT2D eigenvalue weighted by atomic mass is 9.77. The fourth-order valence-corrected chi connectivity index (χ4v) is 1.31. The Morgan fingerprint density at radius 3 is 1.77 bits per heavy atom. The van der Waals surface area contributed by atoms with Gasteiger partial charge in [-0.05, 0) is 17.9 Å². The third kappa shape index (κ3) is 2.05. The molecule has 1 heteroatoms. The molecule has 1 aromatic rings. The lowest BCUT2D eigenvalue weighted by Gasteiger charge is -2.36. The van der Waals surface area contributed by atoms with E-state index in [2.05, 4.69) is 39.8 Å². The third-order valence-corrected chi connectivity index (χ3v) is 3.51. The third-order valence-electron chi connectivity index (χ3n) is 2.72. The first-order valence-corrected chi connectivity index (χ1v) is 4.98. The van der Waals surface area contributed by atoms with Crippen LogP contribution in [0, 0.1) is 5.41 Å². The highest BCUT2D eigenvalue weighted by molar-refractivity contribution is 6.24. The number of rotatable bonds is 1. The fraction of sp³-hybridized carbons (Fsp3) is 0.500. The van der Waals surface area contributed by atoms with Gasteiger partial charge in [0.25, 0.3) is 0 Å². The van der Waals surface area contributed by atoms with Gasteiger partial charge < -0.3 is 0 Å². The molecular weight excluding hydrogens is 180 g/mol. The topological polar surface area (TPSA) is 0 Å². The van der Waals surface area contributed by atoms with Gasteiger partial charge in [0.1, 0.15) is 0 Å². The average molecular weight is 197 g/mol. The molecule has 72 valence electrons. The molecule has 0 spiro atoms. The van der Waals surface area contributed by atoms with Crippen LogP contribution in [0.5, 0.6) is 0 Å². The minimum Gasteiger partial charge on any atom is -0.114 e. The number of benzene rings is 1. The molecule has 0 heterocycles. The first-order chi connectivity index (χ1) is 5.86. The maximum absolute atomic E-state index is 6.54. The highest BCUT2D eigenvalue weighted by Gasteiger charge is 2.36. The average Bonchev–Trinajstić information content (AvgIpc) is 2.04. The van der Waals surface area contributed by atoms with E-state index in [4.69, 9.17) is 11.6 Å². The van der Waals surface area contributed by atoms with E-state index in [-0.39, 0.29) is 10.3 Å². The normalized spacial score (nSPS) is 16.7. The Kier molecular flexibility index (Phi) is 2.72. The van der Waals surface area contributed by atoms with Crippen molar-refractivity contribution >= 4 is 11.6 Å². The van der Waals surface area contributed by atoms with E-state index in [1.165, 1.54) is 5.56 Å². The Labute approximate surface area is 85.9 Å². The van der Waals surface area contributed by atoms with Crippen molar-refractivity contribution in [1.82, 2.24) is 0 Å². The van der Waals surface area contributed by atoms with Crippen LogP contribution in [0.2, 0.25) is 0 Å². The minimum absolute atomic E-state index is 0.0654. The Bertz CT molecular complexity index is 267. The summed E-state index contributed by atoms with van der Waals surface area (Å²) in [4.78, 5) is -0.297. The van der Waals surface area contributed by atoms with Gasteiger partial charge in [-0.2, -0.15) is 0 Å². The molecule has 1 aromatic carbocycles. The zero-order chi connectivity index (χ0) is 10.1. The highest BCUT2D eigenvalue weighted by Crippen LogP contribution is 2.44. The van der Waals surface area contributed by atoms with E-state index in [9.17, 15) is 0 Å².